The molecule has 1 spiro atoms. The lowest BCUT2D eigenvalue weighted by Crippen LogP contribution is -2.53. The SMILES string of the molecule is CC(CO)(OC[C@H]1O[C@@H](n2ncc3c(N[C@H]4CCC45CCC5)nc(Cl)nc32)[C@H](O)[C@@H]1O)P(=O)(O)O. The van der Waals surface area contributed by atoms with Gasteiger partial charge in [0.1, 0.15) is 24.1 Å². The van der Waals surface area contributed by atoms with E-state index in [0.717, 1.165) is 13.3 Å². The Kier molecular flexibility index (Phi) is 6.39. The smallest absolute Gasteiger partial charge is 0.359 e. The second kappa shape index (κ2) is 8.86. The van der Waals surface area contributed by atoms with Crippen LogP contribution in [0, 0.1) is 5.41 Å². The van der Waals surface area contributed by atoms with Crippen LogP contribution in [-0.4, -0.2) is 87.8 Å². The maximum absolute atomic E-state index is 11.7. The predicted molar refractivity (Wildman–Crippen MR) is 123 cm³/mol. The van der Waals surface area contributed by atoms with E-state index in [1.54, 1.807) is 0 Å². The van der Waals surface area contributed by atoms with Gasteiger partial charge in [0.05, 0.1) is 24.8 Å². The molecule has 194 valence electrons. The minimum atomic E-state index is -4.83. The van der Waals surface area contributed by atoms with Crippen molar-refractivity contribution in [3.63, 3.8) is 0 Å². The minimum Gasteiger partial charge on any atom is -0.393 e. The summed E-state index contributed by atoms with van der Waals surface area (Å²) in [6.07, 6.45) is 2.12. The van der Waals surface area contributed by atoms with E-state index in [1.807, 2.05) is 0 Å². The molecule has 1 saturated heterocycles. The van der Waals surface area contributed by atoms with E-state index in [-0.39, 0.29) is 5.28 Å². The Morgan fingerprint density at radius 1 is 1.31 bits per heavy atom. The van der Waals surface area contributed by atoms with Crippen LogP contribution in [0.1, 0.15) is 45.3 Å². The fourth-order valence-electron chi connectivity index (χ4n) is 5.06. The van der Waals surface area contributed by atoms with Crippen molar-refractivity contribution in [2.45, 2.75) is 75.0 Å². The zero-order chi connectivity index (χ0) is 25.2. The average Bonchev–Trinajstić information content (AvgIpc) is 3.28. The third-order valence-electron chi connectivity index (χ3n) is 7.80. The van der Waals surface area contributed by atoms with Crippen molar-refractivity contribution in [2.75, 3.05) is 18.5 Å². The molecule has 2 saturated carbocycles. The molecule has 0 aromatic carbocycles. The summed E-state index contributed by atoms with van der Waals surface area (Å²) in [6, 6.07) is 0.292. The Morgan fingerprint density at radius 3 is 2.63 bits per heavy atom. The number of ether oxygens (including phenoxy) is 2. The molecular formula is C20H29ClN5O8P. The van der Waals surface area contributed by atoms with Crippen molar-refractivity contribution in [2.24, 2.45) is 5.41 Å². The first-order chi connectivity index (χ1) is 16.5. The molecule has 3 fully saturated rings. The van der Waals surface area contributed by atoms with Gasteiger partial charge in [-0.15, -0.1) is 0 Å². The van der Waals surface area contributed by atoms with Gasteiger partial charge in [-0.2, -0.15) is 15.1 Å². The first-order valence-corrected chi connectivity index (χ1v) is 13.5. The van der Waals surface area contributed by atoms with Crippen LogP contribution in [0.5, 0.6) is 0 Å². The second-order valence-corrected chi connectivity index (χ2v) is 12.2. The fraction of sp³-hybridized carbons (Fsp3) is 0.750. The lowest BCUT2D eigenvalue weighted by Gasteiger charge is -2.56. The van der Waals surface area contributed by atoms with Gasteiger partial charge >= 0.3 is 7.60 Å². The Balaban J connectivity index is 1.36. The van der Waals surface area contributed by atoms with Crippen molar-refractivity contribution >= 4 is 36.0 Å². The third kappa shape index (κ3) is 4.16. The topological polar surface area (TPSA) is 192 Å². The number of nitrogens with one attached hydrogen (secondary N) is 1. The van der Waals surface area contributed by atoms with Crippen LogP contribution in [-0.2, 0) is 14.0 Å². The summed E-state index contributed by atoms with van der Waals surface area (Å²) in [5.74, 6) is 0.538. The van der Waals surface area contributed by atoms with Gasteiger partial charge in [0, 0.05) is 6.04 Å². The molecule has 6 N–H and O–H groups in total. The molecule has 2 aliphatic carbocycles. The van der Waals surface area contributed by atoms with Crippen LogP contribution in [0.3, 0.4) is 0 Å². The molecule has 2 aromatic heterocycles. The Labute approximate surface area is 205 Å². The summed E-state index contributed by atoms with van der Waals surface area (Å²) in [5, 5.41) is 36.7. The van der Waals surface area contributed by atoms with Crippen molar-refractivity contribution in [3.05, 3.63) is 11.5 Å². The van der Waals surface area contributed by atoms with E-state index < -0.39 is 50.7 Å². The van der Waals surface area contributed by atoms with E-state index in [2.05, 4.69) is 20.4 Å². The molecule has 2 aromatic rings. The summed E-state index contributed by atoms with van der Waals surface area (Å²) in [6.45, 7) is -0.404. The quantitative estimate of drug-likeness (QED) is 0.206. The minimum absolute atomic E-state index is 0.0167. The predicted octanol–water partition coefficient (Wildman–Crippen LogP) is 0.746. The van der Waals surface area contributed by atoms with Crippen molar-refractivity contribution in [1.82, 2.24) is 19.7 Å². The molecule has 6 atom stereocenters. The van der Waals surface area contributed by atoms with Gasteiger partial charge in [-0.25, -0.2) is 4.68 Å². The van der Waals surface area contributed by atoms with E-state index in [1.165, 1.54) is 36.6 Å². The molecule has 13 nitrogen and oxygen atoms in total. The van der Waals surface area contributed by atoms with Crippen LogP contribution in [0.15, 0.2) is 6.20 Å². The number of hydrogen-bond acceptors (Lipinski definition) is 10. The van der Waals surface area contributed by atoms with Gasteiger partial charge < -0.3 is 39.9 Å². The summed E-state index contributed by atoms with van der Waals surface area (Å²) in [4.78, 5) is 27.5. The van der Waals surface area contributed by atoms with Crippen LogP contribution in [0.2, 0.25) is 5.28 Å². The highest BCUT2D eigenvalue weighted by molar-refractivity contribution is 7.53. The molecule has 1 unspecified atom stereocenters. The van der Waals surface area contributed by atoms with Gasteiger partial charge in [-0.3, -0.25) is 4.57 Å². The first kappa shape index (κ1) is 25.2. The van der Waals surface area contributed by atoms with E-state index in [4.69, 9.17) is 21.1 Å². The number of aromatic nitrogens is 4. The second-order valence-electron chi connectivity index (χ2n) is 9.85. The average molecular weight is 534 g/mol. The number of halogens is 1. The molecule has 0 bridgehead atoms. The lowest BCUT2D eigenvalue weighted by atomic mass is 9.53. The monoisotopic (exact) mass is 533 g/mol. The van der Waals surface area contributed by atoms with Crippen molar-refractivity contribution < 1.29 is 39.1 Å². The number of aliphatic hydroxyl groups is 3. The van der Waals surface area contributed by atoms with Crippen molar-refractivity contribution in [3.8, 4) is 0 Å². The van der Waals surface area contributed by atoms with E-state index >= 15 is 0 Å². The zero-order valence-corrected chi connectivity index (χ0v) is 20.6. The maximum atomic E-state index is 11.7. The van der Waals surface area contributed by atoms with Gasteiger partial charge in [0.15, 0.2) is 17.2 Å². The number of aliphatic hydroxyl groups excluding tert-OH is 3. The van der Waals surface area contributed by atoms with Crippen LogP contribution in [0.25, 0.3) is 11.0 Å². The van der Waals surface area contributed by atoms with Gasteiger partial charge in [-0.05, 0) is 49.6 Å². The lowest BCUT2D eigenvalue weighted by molar-refractivity contribution is -0.104. The Bertz CT molecular complexity index is 1150. The van der Waals surface area contributed by atoms with Gasteiger partial charge in [0.25, 0.3) is 0 Å². The molecule has 0 radical (unpaired) electrons. The zero-order valence-electron chi connectivity index (χ0n) is 19.0. The molecule has 35 heavy (non-hydrogen) atoms. The number of nitrogens with zero attached hydrogens (tertiary/aromatic N) is 4. The normalized spacial score (nSPS) is 31.8. The molecule has 3 heterocycles. The number of rotatable bonds is 8. The molecule has 3 aliphatic rings. The van der Waals surface area contributed by atoms with Gasteiger partial charge in [-0.1, -0.05) is 6.42 Å². The molecule has 0 amide bonds. The largest absolute Gasteiger partial charge is 0.393 e. The molecule has 1 aliphatic heterocycles. The van der Waals surface area contributed by atoms with Crippen LogP contribution >= 0.6 is 19.2 Å². The Hall–Kier alpha value is -1.41. The highest BCUT2D eigenvalue weighted by Gasteiger charge is 2.51. The van der Waals surface area contributed by atoms with E-state index in [9.17, 15) is 29.7 Å². The van der Waals surface area contributed by atoms with Crippen LogP contribution < -0.4 is 5.32 Å². The van der Waals surface area contributed by atoms with Gasteiger partial charge in [0.2, 0.25) is 5.28 Å². The highest BCUT2D eigenvalue weighted by Crippen LogP contribution is 2.57. The van der Waals surface area contributed by atoms with Crippen molar-refractivity contribution in [1.29, 1.82) is 0 Å². The molecule has 15 heteroatoms. The first-order valence-electron chi connectivity index (χ1n) is 11.5. The summed E-state index contributed by atoms with van der Waals surface area (Å²) >= 11 is 6.20. The fourth-order valence-corrected chi connectivity index (χ4v) is 5.66. The highest BCUT2D eigenvalue weighted by atomic mass is 35.5. The summed E-state index contributed by atoms with van der Waals surface area (Å²) < 4.78 is 24.0. The Morgan fingerprint density at radius 2 is 2.06 bits per heavy atom. The standard InChI is InChI=1S/C20H29ClN5O8P/c1-19(9-27,35(30,31)32)33-8-11-13(28)14(29)17(34-11)26-16-10(7-22-26)15(24-18(21)25-16)23-12-3-6-20(12)4-2-5-20/h7,11-14,17,27-29H,2-6,8-9H2,1H3,(H,23,24,25)(H2,30,31,32)/t11-,12+,13-,14-,17-,19?/m1/s1. The number of hydrogen-bond donors (Lipinski definition) is 6. The third-order valence-corrected chi connectivity index (χ3v) is 9.48. The molecular weight excluding hydrogens is 505 g/mol. The van der Waals surface area contributed by atoms with E-state index in [0.29, 0.717) is 28.3 Å². The number of anilines is 1. The summed E-state index contributed by atoms with van der Waals surface area (Å²) in [5.41, 5.74) is 0.612. The maximum Gasteiger partial charge on any atom is 0.359 e. The summed E-state index contributed by atoms with van der Waals surface area (Å²) in [7, 11) is -4.83. The van der Waals surface area contributed by atoms with Crippen LogP contribution in [0.4, 0.5) is 5.82 Å². The number of fused-ring (bicyclic) bond motifs is 1. The molecule has 5 rings (SSSR count).